The largest absolute Gasteiger partial charge is 0.423 e. The summed E-state index contributed by atoms with van der Waals surface area (Å²) in [6.07, 6.45) is 5.25. The third kappa shape index (κ3) is 2.05. The van der Waals surface area contributed by atoms with Gasteiger partial charge in [0.15, 0.2) is 0 Å². The Kier molecular flexibility index (Phi) is 3.03. The monoisotopic (exact) mass is 288 g/mol. The molecule has 4 heteroatoms. The van der Waals surface area contributed by atoms with E-state index in [1.807, 2.05) is 30.3 Å². The van der Waals surface area contributed by atoms with E-state index >= 15 is 0 Å². The summed E-state index contributed by atoms with van der Waals surface area (Å²) in [6.45, 7) is 0. The van der Waals surface area contributed by atoms with E-state index in [0.29, 0.717) is 11.8 Å². The van der Waals surface area contributed by atoms with Gasteiger partial charge in [-0.15, -0.1) is 21.8 Å². The van der Waals surface area contributed by atoms with Gasteiger partial charge in [0.1, 0.15) is 5.38 Å². The molecule has 2 aliphatic carbocycles. The summed E-state index contributed by atoms with van der Waals surface area (Å²) < 4.78 is 5.88. The molecule has 0 radical (unpaired) electrons. The fourth-order valence-corrected chi connectivity index (χ4v) is 4.04. The molecule has 4 unspecified atom stereocenters. The Morgan fingerprint density at radius 2 is 1.95 bits per heavy atom. The molecule has 2 aromatic rings. The number of hydrogen-bond acceptors (Lipinski definition) is 3. The van der Waals surface area contributed by atoms with Gasteiger partial charge in [0.2, 0.25) is 11.8 Å². The molecule has 4 atom stereocenters. The van der Waals surface area contributed by atoms with Crippen molar-refractivity contribution in [1.82, 2.24) is 10.2 Å². The van der Waals surface area contributed by atoms with Crippen LogP contribution in [0.1, 0.15) is 54.3 Å². The van der Waals surface area contributed by atoms with E-state index in [0.717, 1.165) is 23.3 Å². The molecular weight excluding hydrogens is 272 g/mol. The number of fused-ring (bicyclic) bond motifs is 2. The van der Waals surface area contributed by atoms with Crippen LogP contribution in [0.2, 0.25) is 0 Å². The van der Waals surface area contributed by atoms with Gasteiger partial charge in [-0.3, -0.25) is 0 Å². The maximum atomic E-state index is 6.43. The van der Waals surface area contributed by atoms with Crippen LogP contribution in [0.15, 0.2) is 34.7 Å². The van der Waals surface area contributed by atoms with Crippen LogP contribution in [-0.2, 0) is 0 Å². The quantitative estimate of drug-likeness (QED) is 0.790. The first kappa shape index (κ1) is 12.4. The summed E-state index contributed by atoms with van der Waals surface area (Å²) in [5.74, 6) is 3.42. The third-order valence-electron chi connectivity index (χ3n) is 4.82. The van der Waals surface area contributed by atoms with E-state index in [9.17, 15) is 0 Å². The summed E-state index contributed by atoms with van der Waals surface area (Å²) in [7, 11) is 0. The normalized spacial score (nSPS) is 29.8. The fraction of sp³-hybridized carbons (Fsp3) is 0.500. The standard InChI is InChI=1S/C16H17ClN2O/c17-14(11-4-2-1-3-5-11)16-19-18-15(20-16)13-9-10-6-7-12(13)8-10/h1-5,10,12-14H,6-9H2. The summed E-state index contributed by atoms with van der Waals surface area (Å²) in [5.41, 5.74) is 0.998. The summed E-state index contributed by atoms with van der Waals surface area (Å²) in [6, 6.07) is 9.88. The van der Waals surface area contributed by atoms with Crippen LogP contribution in [0.5, 0.6) is 0 Å². The highest BCUT2D eigenvalue weighted by Gasteiger charge is 2.43. The zero-order chi connectivity index (χ0) is 13.5. The molecule has 0 saturated heterocycles. The zero-order valence-corrected chi connectivity index (χ0v) is 12.0. The van der Waals surface area contributed by atoms with Gasteiger partial charge in [-0.05, 0) is 36.7 Å². The first-order chi connectivity index (χ1) is 9.81. The van der Waals surface area contributed by atoms with Gasteiger partial charge >= 0.3 is 0 Å². The lowest BCUT2D eigenvalue weighted by molar-refractivity contribution is 0.336. The van der Waals surface area contributed by atoms with Gasteiger partial charge in [-0.1, -0.05) is 36.8 Å². The Morgan fingerprint density at radius 3 is 2.65 bits per heavy atom. The van der Waals surface area contributed by atoms with Crippen molar-refractivity contribution < 1.29 is 4.42 Å². The number of hydrogen-bond donors (Lipinski definition) is 0. The Morgan fingerprint density at radius 1 is 1.10 bits per heavy atom. The molecular formula is C16H17ClN2O. The van der Waals surface area contributed by atoms with Gasteiger partial charge in [-0.25, -0.2) is 0 Å². The first-order valence-electron chi connectivity index (χ1n) is 7.33. The predicted octanol–water partition coefficient (Wildman–Crippen LogP) is 4.30. The van der Waals surface area contributed by atoms with Crippen LogP contribution in [0.4, 0.5) is 0 Å². The van der Waals surface area contributed by atoms with Crippen LogP contribution in [0.3, 0.4) is 0 Å². The van der Waals surface area contributed by atoms with Crippen molar-refractivity contribution in [3.63, 3.8) is 0 Å². The molecule has 1 aromatic carbocycles. The lowest BCUT2D eigenvalue weighted by Crippen LogP contribution is -2.08. The number of nitrogens with zero attached hydrogens (tertiary/aromatic N) is 2. The molecule has 0 aliphatic heterocycles. The van der Waals surface area contributed by atoms with Crippen molar-refractivity contribution in [2.24, 2.45) is 11.8 Å². The van der Waals surface area contributed by atoms with Gasteiger partial charge in [0, 0.05) is 5.92 Å². The molecule has 0 spiro atoms. The molecule has 4 rings (SSSR count). The Bertz CT molecular complexity index is 598. The highest BCUT2D eigenvalue weighted by molar-refractivity contribution is 6.22. The second-order valence-electron chi connectivity index (χ2n) is 6.03. The Hall–Kier alpha value is -1.35. The van der Waals surface area contributed by atoms with Crippen molar-refractivity contribution in [3.05, 3.63) is 47.7 Å². The Labute approximate surface area is 123 Å². The lowest BCUT2D eigenvalue weighted by atomic mass is 9.89. The van der Waals surface area contributed by atoms with E-state index in [1.165, 1.54) is 25.7 Å². The second-order valence-corrected chi connectivity index (χ2v) is 6.47. The minimum absolute atomic E-state index is 0.351. The van der Waals surface area contributed by atoms with Crippen LogP contribution in [0.25, 0.3) is 0 Å². The molecule has 2 aliphatic rings. The number of benzene rings is 1. The van der Waals surface area contributed by atoms with Crippen molar-refractivity contribution in [2.75, 3.05) is 0 Å². The van der Waals surface area contributed by atoms with E-state index in [2.05, 4.69) is 10.2 Å². The topological polar surface area (TPSA) is 38.9 Å². The highest BCUT2D eigenvalue weighted by Crippen LogP contribution is 2.52. The summed E-state index contributed by atoms with van der Waals surface area (Å²) in [5, 5.41) is 8.08. The number of halogens is 1. The van der Waals surface area contributed by atoms with Gasteiger partial charge in [0.25, 0.3) is 0 Å². The smallest absolute Gasteiger partial charge is 0.238 e. The van der Waals surface area contributed by atoms with E-state index in [4.69, 9.17) is 16.0 Å². The van der Waals surface area contributed by atoms with Crippen LogP contribution >= 0.6 is 11.6 Å². The maximum absolute atomic E-state index is 6.43. The molecule has 1 heterocycles. The van der Waals surface area contributed by atoms with Gasteiger partial charge in [-0.2, -0.15) is 0 Å². The minimum atomic E-state index is -0.351. The fourth-order valence-electron chi connectivity index (χ4n) is 3.81. The second kappa shape index (κ2) is 4.88. The van der Waals surface area contributed by atoms with E-state index < -0.39 is 0 Å². The molecule has 20 heavy (non-hydrogen) atoms. The molecule has 2 bridgehead atoms. The lowest BCUT2D eigenvalue weighted by Gasteiger charge is -2.17. The van der Waals surface area contributed by atoms with Crippen molar-refractivity contribution >= 4 is 11.6 Å². The van der Waals surface area contributed by atoms with Crippen LogP contribution < -0.4 is 0 Å². The number of alkyl halides is 1. The zero-order valence-electron chi connectivity index (χ0n) is 11.2. The van der Waals surface area contributed by atoms with Gasteiger partial charge < -0.3 is 4.42 Å². The van der Waals surface area contributed by atoms with Gasteiger partial charge in [0.05, 0.1) is 0 Å². The van der Waals surface area contributed by atoms with E-state index in [-0.39, 0.29) is 5.38 Å². The average Bonchev–Trinajstić information content (AvgIpc) is 3.23. The number of rotatable bonds is 3. The molecule has 3 nitrogen and oxygen atoms in total. The molecule has 0 N–H and O–H groups in total. The Balaban J connectivity index is 1.56. The predicted molar refractivity (Wildman–Crippen MR) is 76.6 cm³/mol. The van der Waals surface area contributed by atoms with E-state index in [1.54, 1.807) is 0 Å². The molecule has 0 amide bonds. The van der Waals surface area contributed by atoms with Crippen LogP contribution in [-0.4, -0.2) is 10.2 Å². The van der Waals surface area contributed by atoms with Crippen molar-refractivity contribution in [3.8, 4) is 0 Å². The highest BCUT2D eigenvalue weighted by atomic mass is 35.5. The minimum Gasteiger partial charge on any atom is -0.423 e. The number of aromatic nitrogens is 2. The third-order valence-corrected chi connectivity index (χ3v) is 5.26. The molecule has 1 aromatic heterocycles. The molecule has 2 saturated carbocycles. The first-order valence-corrected chi connectivity index (χ1v) is 7.77. The molecule has 104 valence electrons. The summed E-state index contributed by atoms with van der Waals surface area (Å²) in [4.78, 5) is 0. The van der Waals surface area contributed by atoms with Crippen LogP contribution in [0, 0.1) is 11.8 Å². The van der Waals surface area contributed by atoms with Crippen molar-refractivity contribution in [2.45, 2.75) is 37.0 Å². The SMILES string of the molecule is ClC(c1ccccc1)c1nnc(C2CC3CCC2C3)o1. The molecule has 2 fully saturated rings. The average molecular weight is 289 g/mol. The summed E-state index contributed by atoms with van der Waals surface area (Å²) >= 11 is 6.43. The maximum Gasteiger partial charge on any atom is 0.238 e. The van der Waals surface area contributed by atoms with Crippen molar-refractivity contribution in [1.29, 1.82) is 0 Å².